The number of nitrogens with zero attached hydrogens (tertiary/aromatic N) is 3. The zero-order chi connectivity index (χ0) is 36.0. The lowest BCUT2D eigenvalue weighted by molar-refractivity contribution is -0.141. The van der Waals surface area contributed by atoms with Crippen molar-refractivity contribution in [3.8, 4) is 5.88 Å². The second-order valence-electron chi connectivity index (χ2n) is 15.2. The summed E-state index contributed by atoms with van der Waals surface area (Å²) in [6.07, 6.45) is 12.7. The lowest BCUT2D eigenvalue weighted by Crippen LogP contribution is -2.58. The van der Waals surface area contributed by atoms with Crippen LogP contribution >= 0.6 is 11.3 Å². The third kappa shape index (κ3) is 7.03. The van der Waals surface area contributed by atoms with Crippen LogP contribution in [0.5, 0.6) is 5.88 Å². The number of carbonyl (C=O) groups is 3. The van der Waals surface area contributed by atoms with Crippen molar-refractivity contribution < 1.29 is 27.5 Å². The number of benzene rings is 1. The monoisotopic (exact) mass is 746 g/mol. The van der Waals surface area contributed by atoms with Crippen molar-refractivity contribution in [1.82, 2.24) is 24.9 Å². The van der Waals surface area contributed by atoms with Gasteiger partial charge in [-0.05, 0) is 86.8 Å². The summed E-state index contributed by atoms with van der Waals surface area (Å²) in [6, 6.07) is 6.69. The average Bonchev–Trinajstić information content (AvgIpc) is 4.04. The molecular formula is C38H46N6O6S2. The fraction of sp³-hybridized carbons (Fsp3) is 0.553. The van der Waals surface area contributed by atoms with E-state index in [9.17, 15) is 22.8 Å². The summed E-state index contributed by atoms with van der Waals surface area (Å²) < 4.78 is 34.3. The van der Waals surface area contributed by atoms with E-state index in [-0.39, 0.29) is 31.2 Å². The van der Waals surface area contributed by atoms with Gasteiger partial charge in [0.25, 0.3) is 5.91 Å². The number of aryl methyl sites for hydroxylation is 2. The highest BCUT2D eigenvalue weighted by Gasteiger charge is 2.62. The first-order valence-corrected chi connectivity index (χ1v) is 21.1. The molecule has 5 aliphatic rings. The molecule has 14 heteroatoms. The summed E-state index contributed by atoms with van der Waals surface area (Å²) in [7, 11) is -3.85. The number of anilines is 1. The third-order valence-corrected chi connectivity index (χ3v) is 14.2. The van der Waals surface area contributed by atoms with Crippen LogP contribution in [0.4, 0.5) is 5.13 Å². The molecule has 3 aromatic rings. The molecule has 6 bridgehead atoms. The molecule has 5 atom stereocenters. The molecule has 3 N–H and O–H groups in total. The van der Waals surface area contributed by atoms with Crippen molar-refractivity contribution in [2.45, 2.75) is 112 Å². The maximum absolute atomic E-state index is 14.9. The smallest absolute Gasteiger partial charge is 0.259 e. The van der Waals surface area contributed by atoms with Crippen LogP contribution in [0.3, 0.4) is 0 Å². The number of ether oxygens (including phenoxy) is 1. The van der Waals surface area contributed by atoms with Crippen LogP contribution in [0, 0.1) is 11.8 Å². The van der Waals surface area contributed by atoms with Gasteiger partial charge in [0.2, 0.25) is 27.7 Å². The van der Waals surface area contributed by atoms with Gasteiger partial charge in [0, 0.05) is 29.3 Å². The number of pyridine rings is 1. The van der Waals surface area contributed by atoms with E-state index >= 15 is 0 Å². The molecule has 1 aromatic carbocycles. The van der Waals surface area contributed by atoms with Gasteiger partial charge in [-0.1, -0.05) is 37.5 Å². The second kappa shape index (κ2) is 14.1. The number of aromatic nitrogens is 2. The van der Waals surface area contributed by atoms with Gasteiger partial charge >= 0.3 is 0 Å². The van der Waals surface area contributed by atoms with E-state index in [1.165, 1.54) is 16.9 Å². The Balaban J connectivity index is 1.13. The maximum Gasteiger partial charge on any atom is 0.259 e. The molecule has 1 unspecified atom stereocenters. The van der Waals surface area contributed by atoms with Crippen LogP contribution in [-0.4, -0.2) is 76.5 Å². The minimum absolute atomic E-state index is 0.0550. The summed E-state index contributed by atoms with van der Waals surface area (Å²) in [5.41, 5.74) is 0.706. The SMILES string of the molecule is C=C[C@H]1CC1(NC(=O)[C@@H]1C[C@@H]2CN1C(=O)[C@H](C1CCCCC1)Nc1nc(cs1)CCCCc1ccc3ccnc(c3c1)O2)C(=O)NS(=O)(=O)C1CC1. The van der Waals surface area contributed by atoms with Crippen molar-refractivity contribution >= 4 is 55.0 Å². The lowest BCUT2D eigenvalue weighted by atomic mass is 9.83. The first kappa shape index (κ1) is 35.0. The molecule has 3 aliphatic carbocycles. The van der Waals surface area contributed by atoms with Crippen LogP contribution in [0.1, 0.15) is 81.9 Å². The zero-order valence-electron chi connectivity index (χ0n) is 29.2. The minimum atomic E-state index is -3.85. The highest BCUT2D eigenvalue weighted by atomic mass is 32.2. The third-order valence-electron chi connectivity index (χ3n) is 11.5. The second-order valence-corrected chi connectivity index (χ2v) is 18.0. The van der Waals surface area contributed by atoms with Gasteiger partial charge in [-0.25, -0.2) is 18.4 Å². The molecule has 0 radical (unpaired) electrons. The molecule has 0 spiro atoms. The Labute approximate surface area is 308 Å². The van der Waals surface area contributed by atoms with Gasteiger partial charge in [0.15, 0.2) is 5.13 Å². The Morgan fingerprint density at radius 1 is 1.08 bits per heavy atom. The van der Waals surface area contributed by atoms with Gasteiger partial charge in [-0.15, -0.1) is 17.9 Å². The van der Waals surface area contributed by atoms with Crippen LogP contribution in [0.2, 0.25) is 0 Å². The summed E-state index contributed by atoms with van der Waals surface area (Å²) >= 11 is 1.50. The molecule has 52 heavy (non-hydrogen) atoms. The molecule has 276 valence electrons. The van der Waals surface area contributed by atoms with Crippen LogP contribution in [-0.2, 0) is 37.2 Å². The largest absolute Gasteiger partial charge is 0.472 e. The van der Waals surface area contributed by atoms with Crippen LogP contribution < -0.4 is 20.1 Å². The summed E-state index contributed by atoms with van der Waals surface area (Å²) in [6.45, 7) is 3.97. The van der Waals surface area contributed by atoms with Crippen molar-refractivity contribution in [3.05, 3.63) is 59.8 Å². The average molecular weight is 747 g/mol. The van der Waals surface area contributed by atoms with Crippen molar-refractivity contribution in [1.29, 1.82) is 0 Å². The fourth-order valence-corrected chi connectivity index (χ4v) is 10.4. The molecule has 2 aliphatic heterocycles. The predicted octanol–water partition coefficient (Wildman–Crippen LogP) is 4.65. The number of hydrogen-bond donors (Lipinski definition) is 3. The van der Waals surface area contributed by atoms with E-state index in [0.717, 1.165) is 74.3 Å². The lowest BCUT2D eigenvalue weighted by Gasteiger charge is -2.34. The van der Waals surface area contributed by atoms with E-state index in [1.807, 2.05) is 6.07 Å². The minimum Gasteiger partial charge on any atom is -0.472 e. The van der Waals surface area contributed by atoms with E-state index in [4.69, 9.17) is 9.72 Å². The summed E-state index contributed by atoms with van der Waals surface area (Å²) in [4.78, 5) is 53.9. The van der Waals surface area contributed by atoms with E-state index in [1.54, 1.807) is 17.2 Å². The molecule has 8 rings (SSSR count). The van der Waals surface area contributed by atoms with Gasteiger partial charge in [-0.2, -0.15) is 0 Å². The Kier molecular flexibility index (Phi) is 9.48. The van der Waals surface area contributed by atoms with E-state index in [2.05, 4.69) is 50.5 Å². The molecule has 3 saturated carbocycles. The van der Waals surface area contributed by atoms with Crippen molar-refractivity contribution in [2.24, 2.45) is 11.8 Å². The predicted molar refractivity (Wildman–Crippen MR) is 198 cm³/mol. The topological polar surface area (TPSA) is 160 Å². The van der Waals surface area contributed by atoms with Gasteiger partial charge in [0.1, 0.15) is 23.7 Å². The highest BCUT2D eigenvalue weighted by Crippen LogP contribution is 2.46. The first-order chi connectivity index (χ1) is 25.1. The molecular weight excluding hydrogens is 701 g/mol. The number of amides is 3. The van der Waals surface area contributed by atoms with E-state index in [0.29, 0.717) is 23.9 Å². The fourth-order valence-electron chi connectivity index (χ4n) is 8.27. The maximum atomic E-state index is 14.9. The number of nitrogens with one attached hydrogen (secondary N) is 3. The Morgan fingerprint density at radius 3 is 2.65 bits per heavy atom. The highest BCUT2D eigenvalue weighted by molar-refractivity contribution is 7.91. The first-order valence-electron chi connectivity index (χ1n) is 18.7. The number of rotatable bonds is 7. The standard InChI is InChI=1S/C38H46N6O6S2/c1-2-26-20-38(26,36(47)43-52(48,49)29-14-15-29)42-33(45)31-19-28-21-44(31)35(46)32(25-9-4-3-5-10-25)41-37-40-27(22-51-37)11-7-6-8-23-12-13-24-16-17-39-34(50-28)30(24)18-23/h2,12-13,16-18,22,25-26,28-29,31-32H,1,3-11,14-15,19-21H2,(H,40,41)(H,42,45)(H,43,47)/t26-,28+,31-,32-,38?/m0/s1. The molecule has 12 nitrogen and oxygen atoms in total. The van der Waals surface area contributed by atoms with Gasteiger partial charge < -0.3 is 20.3 Å². The molecule has 4 heterocycles. The number of thiazole rings is 1. The normalized spacial score (nSPS) is 28.3. The Bertz CT molecular complexity index is 1990. The molecule has 3 amide bonds. The Hall–Kier alpha value is -4.04. The van der Waals surface area contributed by atoms with Gasteiger partial charge in [-0.3, -0.25) is 19.1 Å². The summed E-state index contributed by atoms with van der Waals surface area (Å²) in [5, 5.41) is 10.4. The van der Waals surface area contributed by atoms with Gasteiger partial charge in [0.05, 0.1) is 17.5 Å². The summed E-state index contributed by atoms with van der Waals surface area (Å²) in [5.74, 6) is -1.45. The van der Waals surface area contributed by atoms with Crippen LogP contribution in [0.25, 0.3) is 10.8 Å². The molecule has 4 fully saturated rings. The quantitative estimate of drug-likeness (QED) is 0.293. The molecule has 1 saturated heterocycles. The molecule has 2 aromatic heterocycles. The van der Waals surface area contributed by atoms with Crippen molar-refractivity contribution in [2.75, 3.05) is 11.9 Å². The van der Waals surface area contributed by atoms with Crippen LogP contribution in [0.15, 0.2) is 48.5 Å². The number of carbonyl (C=O) groups excluding carboxylic acids is 3. The zero-order valence-corrected chi connectivity index (χ0v) is 30.9. The Morgan fingerprint density at radius 2 is 1.88 bits per heavy atom. The van der Waals surface area contributed by atoms with Crippen molar-refractivity contribution in [3.63, 3.8) is 0 Å². The number of hydrogen-bond acceptors (Lipinski definition) is 10. The van der Waals surface area contributed by atoms with E-state index < -0.39 is 56.7 Å². The number of sulfonamides is 1. The number of fused-ring (bicyclic) bond motifs is 5.